The molecule has 3 aliphatic heterocycles. The first-order chi connectivity index (χ1) is 17.4. The third-order valence-corrected chi connectivity index (χ3v) is 7.54. The average Bonchev–Trinajstić information content (AvgIpc) is 2.89. The van der Waals surface area contributed by atoms with Crippen LogP contribution in [0.4, 0.5) is 13.2 Å². The molecular weight excluding hydrogens is 465 g/mol. The highest BCUT2D eigenvalue weighted by Crippen LogP contribution is 2.42. The summed E-state index contributed by atoms with van der Waals surface area (Å²) in [5.74, 6) is 0.972. The number of methoxy groups -OCH3 is 1. The van der Waals surface area contributed by atoms with Gasteiger partial charge in [-0.15, -0.1) is 13.2 Å². The molecule has 0 spiro atoms. The Morgan fingerprint density at radius 3 is 2.08 bits per heavy atom. The lowest BCUT2D eigenvalue weighted by Crippen LogP contribution is -2.64. The van der Waals surface area contributed by atoms with E-state index >= 15 is 0 Å². The predicted molar refractivity (Wildman–Crippen MR) is 133 cm³/mol. The van der Waals surface area contributed by atoms with E-state index in [4.69, 9.17) is 4.74 Å². The molecule has 0 aromatic heterocycles. The number of fused-ring (bicyclic) bond motifs is 3. The lowest BCUT2D eigenvalue weighted by atomic mass is 9.70. The van der Waals surface area contributed by atoms with Gasteiger partial charge in [-0.25, -0.2) is 0 Å². The highest BCUT2D eigenvalue weighted by Gasteiger charge is 2.46. The zero-order valence-corrected chi connectivity index (χ0v) is 20.2. The van der Waals surface area contributed by atoms with Crippen LogP contribution in [0, 0.1) is 5.92 Å². The minimum atomic E-state index is -4.74. The molecule has 190 valence electrons. The van der Waals surface area contributed by atoms with Gasteiger partial charge in [0.1, 0.15) is 11.5 Å². The number of hydrogen-bond acceptors (Lipinski definition) is 4. The van der Waals surface area contributed by atoms with Crippen molar-refractivity contribution in [2.75, 3.05) is 20.2 Å². The first kappa shape index (κ1) is 24.7. The number of rotatable bonds is 8. The number of alkyl halides is 3. The van der Waals surface area contributed by atoms with Crippen LogP contribution in [0.5, 0.6) is 11.5 Å². The van der Waals surface area contributed by atoms with Gasteiger partial charge in [-0.1, -0.05) is 60.7 Å². The first-order valence-electron chi connectivity index (χ1n) is 12.4. The molecule has 2 bridgehead atoms. The van der Waals surface area contributed by atoms with Crippen molar-refractivity contribution in [3.63, 3.8) is 0 Å². The highest BCUT2D eigenvalue weighted by atomic mass is 19.4. The third-order valence-electron chi connectivity index (χ3n) is 7.54. The van der Waals surface area contributed by atoms with E-state index in [1.54, 1.807) is 0 Å². The van der Waals surface area contributed by atoms with Gasteiger partial charge in [-0.2, -0.15) is 0 Å². The molecular formula is C29H31F3N2O2. The summed E-state index contributed by atoms with van der Waals surface area (Å²) in [6, 6.07) is 25.8. The molecule has 3 fully saturated rings. The van der Waals surface area contributed by atoms with Crippen LogP contribution in [0.1, 0.15) is 35.4 Å². The number of benzene rings is 3. The lowest BCUT2D eigenvalue weighted by Gasteiger charge is -2.54. The van der Waals surface area contributed by atoms with E-state index in [1.807, 2.05) is 12.1 Å². The summed E-state index contributed by atoms with van der Waals surface area (Å²) in [6.45, 7) is 2.50. The monoisotopic (exact) mass is 496 g/mol. The van der Waals surface area contributed by atoms with E-state index < -0.39 is 6.36 Å². The van der Waals surface area contributed by atoms with Gasteiger partial charge in [0, 0.05) is 30.1 Å². The summed E-state index contributed by atoms with van der Waals surface area (Å²) < 4.78 is 48.1. The number of hydrogen-bond donors (Lipinski definition) is 1. The quantitative estimate of drug-likeness (QED) is 0.416. The molecule has 3 aromatic rings. The van der Waals surface area contributed by atoms with E-state index in [-0.39, 0.29) is 23.8 Å². The van der Waals surface area contributed by atoms with Crippen LogP contribution in [0.3, 0.4) is 0 Å². The van der Waals surface area contributed by atoms with Gasteiger partial charge in [0.25, 0.3) is 0 Å². The zero-order chi connectivity index (χ0) is 25.1. The third kappa shape index (κ3) is 5.37. The van der Waals surface area contributed by atoms with E-state index in [2.05, 4.69) is 63.5 Å². The van der Waals surface area contributed by atoms with E-state index in [1.165, 1.54) is 36.4 Å². The molecule has 3 aromatic carbocycles. The smallest absolute Gasteiger partial charge is 0.496 e. The largest absolute Gasteiger partial charge is 0.573 e. The van der Waals surface area contributed by atoms with Crippen LogP contribution in [-0.2, 0) is 6.54 Å². The minimum Gasteiger partial charge on any atom is -0.496 e. The highest BCUT2D eigenvalue weighted by molar-refractivity contribution is 5.41. The van der Waals surface area contributed by atoms with Crippen LogP contribution in [0.2, 0.25) is 0 Å². The Bertz CT molecular complexity index is 1090. The van der Waals surface area contributed by atoms with Crippen molar-refractivity contribution in [2.24, 2.45) is 5.92 Å². The molecule has 0 saturated carbocycles. The second-order valence-electron chi connectivity index (χ2n) is 9.59. The molecule has 3 saturated heterocycles. The normalized spacial score (nSPS) is 23.6. The molecule has 0 aliphatic carbocycles. The summed E-state index contributed by atoms with van der Waals surface area (Å²) in [4.78, 5) is 2.59. The van der Waals surface area contributed by atoms with Crippen LogP contribution < -0.4 is 14.8 Å². The molecule has 6 rings (SSSR count). The maximum absolute atomic E-state index is 12.8. The Kier molecular flexibility index (Phi) is 7.21. The molecule has 3 heterocycles. The fraction of sp³-hybridized carbons (Fsp3) is 0.379. The van der Waals surface area contributed by atoms with Crippen molar-refractivity contribution in [3.05, 3.63) is 95.6 Å². The van der Waals surface area contributed by atoms with Gasteiger partial charge in [-0.05, 0) is 61.2 Å². The molecule has 0 unspecified atom stereocenters. The second kappa shape index (κ2) is 10.5. The Balaban J connectivity index is 1.46. The number of halogens is 3. The lowest BCUT2D eigenvalue weighted by molar-refractivity contribution is -0.274. The molecule has 0 radical (unpaired) electrons. The molecule has 1 N–H and O–H groups in total. The van der Waals surface area contributed by atoms with Crippen molar-refractivity contribution in [1.29, 1.82) is 0 Å². The van der Waals surface area contributed by atoms with Crippen LogP contribution >= 0.6 is 0 Å². The predicted octanol–water partition coefficient (Wildman–Crippen LogP) is 5.98. The van der Waals surface area contributed by atoms with Gasteiger partial charge in [-0.3, -0.25) is 4.90 Å². The fourth-order valence-corrected chi connectivity index (χ4v) is 6.01. The van der Waals surface area contributed by atoms with Crippen LogP contribution in [0.25, 0.3) is 0 Å². The average molecular weight is 497 g/mol. The van der Waals surface area contributed by atoms with E-state index in [0.29, 0.717) is 23.8 Å². The van der Waals surface area contributed by atoms with Gasteiger partial charge in [0.15, 0.2) is 0 Å². The van der Waals surface area contributed by atoms with E-state index in [0.717, 1.165) is 25.9 Å². The van der Waals surface area contributed by atoms with Crippen molar-refractivity contribution in [2.45, 2.75) is 43.8 Å². The van der Waals surface area contributed by atoms with Crippen LogP contribution in [-0.4, -0.2) is 43.5 Å². The summed E-state index contributed by atoms with van der Waals surface area (Å²) in [5, 5.41) is 3.75. The Hall–Kier alpha value is -3.03. The van der Waals surface area contributed by atoms with Gasteiger partial charge in [0.2, 0.25) is 0 Å². The number of nitrogens with zero attached hydrogens (tertiary/aromatic N) is 1. The molecule has 36 heavy (non-hydrogen) atoms. The molecule has 3 aliphatic rings. The van der Waals surface area contributed by atoms with Crippen molar-refractivity contribution in [1.82, 2.24) is 10.2 Å². The maximum atomic E-state index is 12.8. The van der Waals surface area contributed by atoms with Crippen molar-refractivity contribution in [3.8, 4) is 11.5 Å². The summed E-state index contributed by atoms with van der Waals surface area (Å²) >= 11 is 0. The van der Waals surface area contributed by atoms with Gasteiger partial charge in [0.05, 0.1) is 7.11 Å². The molecule has 7 heteroatoms. The topological polar surface area (TPSA) is 33.7 Å². The SMILES string of the molecule is COc1ccc(OC(F)(F)F)cc1CN[C@H]1C2CCN(CC2)[C@H]1C(c1ccccc1)c1ccccc1. The maximum Gasteiger partial charge on any atom is 0.573 e. The standard InChI is InChI=1S/C29H31F3N2O2/c1-35-25-13-12-24(36-29(30,31)32)18-23(25)19-33-27-22-14-16-34(17-15-22)28(27)26(20-8-4-2-5-9-20)21-10-6-3-7-11-21/h2-13,18,22,26-28,33H,14-17,19H2,1H3/t27-,28-/m0/s1. The van der Waals surface area contributed by atoms with Crippen molar-refractivity contribution < 1.29 is 22.6 Å². The number of piperidine rings is 3. The van der Waals surface area contributed by atoms with Crippen molar-refractivity contribution >= 4 is 0 Å². The zero-order valence-electron chi connectivity index (χ0n) is 20.2. The van der Waals surface area contributed by atoms with Crippen LogP contribution in [0.15, 0.2) is 78.9 Å². The Morgan fingerprint density at radius 1 is 0.917 bits per heavy atom. The number of nitrogens with one attached hydrogen (secondary N) is 1. The van der Waals surface area contributed by atoms with Gasteiger partial charge >= 0.3 is 6.36 Å². The fourth-order valence-electron chi connectivity index (χ4n) is 6.01. The first-order valence-corrected chi connectivity index (χ1v) is 12.4. The Morgan fingerprint density at radius 2 is 1.53 bits per heavy atom. The minimum absolute atomic E-state index is 0.176. The molecule has 0 amide bonds. The summed E-state index contributed by atoms with van der Waals surface area (Å²) in [5.41, 5.74) is 3.18. The molecule has 4 nitrogen and oxygen atoms in total. The second-order valence-corrected chi connectivity index (χ2v) is 9.59. The summed E-state index contributed by atoms with van der Waals surface area (Å²) in [6.07, 6.45) is -2.52. The Labute approximate surface area is 210 Å². The summed E-state index contributed by atoms with van der Waals surface area (Å²) in [7, 11) is 1.53. The van der Waals surface area contributed by atoms with E-state index in [9.17, 15) is 13.2 Å². The molecule has 2 atom stereocenters. The number of ether oxygens (including phenoxy) is 2. The van der Waals surface area contributed by atoms with Gasteiger partial charge < -0.3 is 14.8 Å².